The molecule has 2 aliphatic rings. The van der Waals surface area contributed by atoms with Crippen molar-refractivity contribution in [1.29, 1.82) is 0 Å². The molecule has 334 valence electrons. The van der Waals surface area contributed by atoms with E-state index in [2.05, 4.69) is 59.4 Å². The fourth-order valence-corrected chi connectivity index (χ4v) is 8.26. The Labute approximate surface area is 368 Å². The minimum Gasteiger partial charge on any atom is -0.449 e. The van der Waals surface area contributed by atoms with Crippen LogP contribution in [-0.2, 0) is 30.3 Å². The first-order valence-electron chi connectivity index (χ1n) is 22.3. The van der Waals surface area contributed by atoms with Crippen LogP contribution in [0.1, 0.15) is 110 Å². The van der Waals surface area contributed by atoms with Crippen LogP contribution in [0.25, 0.3) is 11.1 Å². The van der Waals surface area contributed by atoms with Crippen LogP contribution < -0.4 is 21.3 Å². The molecule has 5 rings (SSSR count). The number of nitrogens with zero attached hydrogens (tertiary/aromatic N) is 1. The molecule has 0 aromatic heterocycles. The van der Waals surface area contributed by atoms with Crippen molar-refractivity contribution in [2.45, 2.75) is 123 Å². The van der Waals surface area contributed by atoms with E-state index in [0.29, 0.717) is 51.6 Å². The van der Waals surface area contributed by atoms with Crippen molar-refractivity contribution >= 4 is 29.9 Å². The Kier molecular flexibility index (Phi) is 17.2. The molecule has 3 aromatic rings. The van der Waals surface area contributed by atoms with E-state index in [4.69, 9.17) is 9.47 Å². The number of nitrogens with one attached hydrogen (secondary N) is 4. The molecule has 0 spiro atoms. The van der Waals surface area contributed by atoms with Gasteiger partial charge in [-0.15, -0.1) is 0 Å². The third kappa shape index (κ3) is 13.9. The summed E-state index contributed by atoms with van der Waals surface area (Å²) >= 11 is 0. The van der Waals surface area contributed by atoms with Gasteiger partial charge in [-0.05, 0) is 107 Å². The summed E-state index contributed by atoms with van der Waals surface area (Å²) in [4.78, 5) is 69.1. The van der Waals surface area contributed by atoms with E-state index in [-0.39, 0.29) is 48.8 Å². The Morgan fingerprint density at radius 3 is 2.06 bits per heavy atom. The predicted octanol–water partition coefficient (Wildman–Crippen LogP) is 8.26. The summed E-state index contributed by atoms with van der Waals surface area (Å²) in [5.41, 5.74) is 4.92. The van der Waals surface area contributed by atoms with E-state index in [9.17, 15) is 24.0 Å². The molecule has 62 heavy (non-hydrogen) atoms. The van der Waals surface area contributed by atoms with Crippen molar-refractivity contribution in [1.82, 2.24) is 26.2 Å². The zero-order chi connectivity index (χ0) is 44.8. The number of likely N-dealkylation sites (tertiary alicyclic amines) is 1. The molecule has 1 saturated heterocycles. The van der Waals surface area contributed by atoms with Gasteiger partial charge < -0.3 is 35.6 Å². The number of carbonyl (C=O) groups excluding carboxylic acids is 5. The van der Waals surface area contributed by atoms with Gasteiger partial charge in [-0.25, -0.2) is 9.59 Å². The lowest BCUT2D eigenvalue weighted by Gasteiger charge is -2.30. The molecular weight excluding hydrogens is 783 g/mol. The van der Waals surface area contributed by atoms with Gasteiger partial charge in [0.25, 0.3) is 0 Å². The quantitative estimate of drug-likeness (QED) is 0.0538. The highest BCUT2D eigenvalue weighted by Crippen LogP contribution is 2.44. The lowest BCUT2D eigenvalue weighted by Crippen LogP contribution is -2.52. The van der Waals surface area contributed by atoms with E-state index in [1.165, 1.54) is 0 Å². The maximum Gasteiger partial charge on any atom is 0.408 e. The number of carbonyl (C=O) groups is 5. The first kappa shape index (κ1) is 47.4. The van der Waals surface area contributed by atoms with Gasteiger partial charge in [-0.2, -0.15) is 0 Å². The molecule has 0 bridgehead atoms. The van der Waals surface area contributed by atoms with Crippen LogP contribution in [0, 0.1) is 17.8 Å². The number of hydrogen-bond acceptors (Lipinski definition) is 7. The average Bonchev–Trinajstić information content (AvgIpc) is 3.80. The number of benzene rings is 3. The molecule has 12 nitrogen and oxygen atoms in total. The largest absolute Gasteiger partial charge is 0.449 e. The second-order valence-electron chi connectivity index (χ2n) is 18.2. The number of alkyl carbamates (subject to hydrolysis) is 2. The standard InChI is InChI=1S/C50H67N5O7/c1-33(2)30-37(53-49(60)62-50(5,6)7)27-26-36(31-35-18-9-8-10-19-35)47(58)55-29-17-25-44(55)54-46(57)42(45(56)52-34(3)4)24-15-16-28-51-48(59)61-32-43-40-22-13-11-20-38(40)39-21-12-14-23-41(39)43/h8-14,18-23,26-27,33-34,36-37,42-44H,15-17,24-25,28-32H2,1-7H3,(H,51,59)(H,52,56)(H,53,60)(H,54,57)/b27-26+/t36-,37-,42+,44+/m1/s1. The summed E-state index contributed by atoms with van der Waals surface area (Å²) in [5.74, 6) is -2.30. The lowest BCUT2D eigenvalue weighted by atomic mass is 9.95. The lowest BCUT2D eigenvalue weighted by molar-refractivity contribution is -0.139. The molecule has 12 heteroatoms. The Morgan fingerprint density at radius 2 is 1.44 bits per heavy atom. The fourth-order valence-electron chi connectivity index (χ4n) is 8.26. The maximum atomic E-state index is 14.5. The summed E-state index contributed by atoms with van der Waals surface area (Å²) < 4.78 is 11.2. The second-order valence-corrected chi connectivity index (χ2v) is 18.2. The van der Waals surface area contributed by atoms with E-state index in [1.807, 2.05) is 101 Å². The fraction of sp³-hybridized carbons (Fsp3) is 0.500. The highest BCUT2D eigenvalue weighted by molar-refractivity contribution is 6.00. The third-order valence-electron chi connectivity index (χ3n) is 11.1. The van der Waals surface area contributed by atoms with E-state index >= 15 is 0 Å². The van der Waals surface area contributed by atoms with Gasteiger partial charge in [0.1, 0.15) is 24.3 Å². The van der Waals surface area contributed by atoms with Crippen LogP contribution in [0.5, 0.6) is 0 Å². The number of unbranched alkanes of at least 4 members (excludes halogenated alkanes) is 1. The maximum absolute atomic E-state index is 14.5. The number of fused-ring (bicyclic) bond motifs is 3. The molecule has 1 aliphatic heterocycles. The van der Waals surface area contributed by atoms with Crippen molar-refractivity contribution in [3.63, 3.8) is 0 Å². The van der Waals surface area contributed by atoms with Gasteiger partial charge in [0.05, 0.1) is 12.0 Å². The van der Waals surface area contributed by atoms with Gasteiger partial charge >= 0.3 is 12.2 Å². The minimum atomic E-state index is -0.986. The minimum absolute atomic E-state index is 0.0422. The summed E-state index contributed by atoms with van der Waals surface area (Å²) in [6, 6.07) is 25.6. The number of amides is 5. The van der Waals surface area contributed by atoms with Gasteiger partial charge in [0.15, 0.2) is 0 Å². The average molecular weight is 850 g/mol. The van der Waals surface area contributed by atoms with Crippen molar-refractivity contribution in [2.75, 3.05) is 19.7 Å². The molecule has 0 saturated carbocycles. The second kappa shape index (κ2) is 22.4. The Hall–Kier alpha value is -5.65. The highest BCUT2D eigenvalue weighted by atomic mass is 16.6. The van der Waals surface area contributed by atoms with Crippen LogP contribution in [0.15, 0.2) is 91.0 Å². The van der Waals surface area contributed by atoms with Crippen molar-refractivity contribution in [2.24, 2.45) is 17.8 Å². The summed E-state index contributed by atoms with van der Waals surface area (Å²) in [5, 5.41) is 11.7. The summed E-state index contributed by atoms with van der Waals surface area (Å²) in [6.45, 7) is 14.3. The predicted molar refractivity (Wildman–Crippen MR) is 242 cm³/mol. The summed E-state index contributed by atoms with van der Waals surface area (Å²) in [6.07, 6.45) is 5.75. The van der Waals surface area contributed by atoms with Gasteiger partial charge in [-0.3, -0.25) is 14.4 Å². The number of hydrogen-bond donors (Lipinski definition) is 4. The molecule has 1 aliphatic carbocycles. The van der Waals surface area contributed by atoms with Gasteiger partial charge in [0, 0.05) is 25.0 Å². The van der Waals surface area contributed by atoms with E-state index < -0.39 is 41.7 Å². The zero-order valence-corrected chi connectivity index (χ0v) is 37.6. The molecule has 4 atom stereocenters. The van der Waals surface area contributed by atoms with Crippen LogP contribution in [-0.4, -0.2) is 78.4 Å². The van der Waals surface area contributed by atoms with E-state index in [0.717, 1.165) is 27.8 Å². The monoisotopic (exact) mass is 850 g/mol. The van der Waals surface area contributed by atoms with Crippen molar-refractivity contribution in [3.8, 4) is 11.1 Å². The number of rotatable bonds is 19. The highest BCUT2D eigenvalue weighted by Gasteiger charge is 2.36. The van der Waals surface area contributed by atoms with Crippen molar-refractivity contribution in [3.05, 3.63) is 108 Å². The molecular formula is C50H67N5O7. The third-order valence-corrected chi connectivity index (χ3v) is 11.1. The van der Waals surface area contributed by atoms with Crippen molar-refractivity contribution < 1.29 is 33.4 Å². The molecule has 0 radical (unpaired) electrons. The Balaban J connectivity index is 1.18. The zero-order valence-electron chi connectivity index (χ0n) is 37.6. The SMILES string of the molecule is CC(C)C[C@@H](/C=C/[C@H](Cc1ccccc1)C(=O)N1CCC[C@H]1NC(=O)[C@@H](CCCCNC(=O)OCC1c2ccccc2-c2ccccc21)C(=O)NC(C)C)NC(=O)OC(C)(C)C. The van der Waals surface area contributed by atoms with Crippen LogP contribution in [0.3, 0.4) is 0 Å². The van der Waals surface area contributed by atoms with Gasteiger partial charge in [0.2, 0.25) is 17.7 Å². The normalized spacial score (nSPS) is 16.3. The Morgan fingerprint density at radius 1 is 0.790 bits per heavy atom. The van der Waals surface area contributed by atoms with Gasteiger partial charge in [-0.1, -0.05) is 111 Å². The first-order valence-corrected chi connectivity index (χ1v) is 22.3. The first-order chi connectivity index (χ1) is 29.6. The van der Waals surface area contributed by atoms with Crippen LogP contribution in [0.4, 0.5) is 9.59 Å². The Bertz CT molecular complexity index is 1960. The topological polar surface area (TPSA) is 155 Å². The number of ether oxygens (including phenoxy) is 2. The van der Waals surface area contributed by atoms with Crippen LogP contribution >= 0.6 is 0 Å². The molecule has 4 N–H and O–H groups in total. The molecule has 1 fully saturated rings. The van der Waals surface area contributed by atoms with E-state index in [1.54, 1.807) is 4.90 Å². The molecule has 0 unspecified atom stereocenters. The summed E-state index contributed by atoms with van der Waals surface area (Å²) in [7, 11) is 0. The molecule has 5 amide bonds. The molecule has 1 heterocycles. The van der Waals surface area contributed by atoms with Crippen LogP contribution in [0.2, 0.25) is 0 Å². The molecule has 3 aromatic carbocycles. The smallest absolute Gasteiger partial charge is 0.408 e.